The van der Waals surface area contributed by atoms with Gasteiger partial charge >= 0.3 is 0 Å². The molecule has 1 nitrogen and oxygen atoms in total. The van der Waals surface area contributed by atoms with Crippen molar-refractivity contribution in [3.05, 3.63) is 151 Å². The third-order valence-corrected chi connectivity index (χ3v) is 8.46. The summed E-state index contributed by atoms with van der Waals surface area (Å²) in [6, 6.07) is 52.6. The van der Waals surface area contributed by atoms with Crippen LogP contribution < -0.4 is 4.90 Å². The van der Waals surface area contributed by atoms with Gasteiger partial charge in [-0.05, 0) is 95.4 Å². The molecule has 7 aromatic rings. The quantitative estimate of drug-likeness (QED) is 0.219. The molecule has 0 fully saturated rings. The van der Waals surface area contributed by atoms with E-state index in [1.807, 2.05) is 11.3 Å². The minimum Gasteiger partial charge on any atom is -0.310 e. The molecule has 39 heavy (non-hydrogen) atoms. The minimum atomic E-state index is 1.14. The van der Waals surface area contributed by atoms with Gasteiger partial charge in [0.05, 0.1) is 0 Å². The van der Waals surface area contributed by atoms with Gasteiger partial charge in [0.2, 0.25) is 0 Å². The van der Waals surface area contributed by atoms with Crippen LogP contribution in [-0.4, -0.2) is 0 Å². The number of fused-ring (bicyclic) bond motifs is 3. The summed E-state index contributed by atoms with van der Waals surface area (Å²) in [6.45, 7) is 2.14. The van der Waals surface area contributed by atoms with E-state index >= 15 is 0 Å². The number of para-hydroxylation sites is 1. The van der Waals surface area contributed by atoms with Crippen LogP contribution in [0.1, 0.15) is 5.56 Å². The molecule has 0 bridgehead atoms. The van der Waals surface area contributed by atoms with Crippen LogP contribution in [0.5, 0.6) is 0 Å². The molecule has 0 N–H and O–H groups in total. The summed E-state index contributed by atoms with van der Waals surface area (Å²) < 4.78 is 2.68. The van der Waals surface area contributed by atoms with Crippen LogP contribution in [0.3, 0.4) is 0 Å². The Morgan fingerprint density at radius 2 is 1.03 bits per heavy atom. The molecule has 0 saturated heterocycles. The summed E-state index contributed by atoms with van der Waals surface area (Å²) in [6.07, 6.45) is 0. The molecular formula is C37H27NS. The standard InChI is InChI=1S/C37H27NS/c1-26-9-7-14-33(23-26)38(31-12-3-2-4-13-31)32-20-17-27(18-21-32)28-10-8-11-29(24-28)30-19-22-37-35(25-30)34-15-5-6-16-36(34)39-37/h2-25H,1H3. The van der Waals surface area contributed by atoms with Crippen molar-refractivity contribution in [1.82, 2.24) is 0 Å². The SMILES string of the molecule is Cc1cccc(N(c2ccccc2)c2ccc(-c3cccc(-c4ccc5sc6ccccc6c5c4)c3)cc2)c1. The van der Waals surface area contributed by atoms with Crippen molar-refractivity contribution in [3.63, 3.8) is 0 Å². The smallest absolute Gasteiger partial charge is 0.0464 e. The van der Waals surface area contributed by atoms with Crippen LogP contribution in [0.2, 0.25) is 0 Å². The van der Waals surface area contributed by atoms with Gasteiger partial charge in [0.1, 0.15) is 0 Å². The van der Waals surface area contributed by atoms with Crippen LogP contribution in [-0.2, 0) is 0 Å². The maximum Gasteiger partial charge on any atom is 0.0464 e. The van der Waals surface area contributed by atoms with E-state index in [4.69, 9.17) is 0 Å². The van der Waals surface area contributed by atoms with Crippen LogP contribution in [0, 0.1) is 6.92 Å². The second-order valence-corrected chi connectivity index (χ2v) is 11.0. The number of nitrogens with zero attached hydrogens (tertiary/aromatic N) is 1. The maximum absolute atomic E-state index is 2.34. The molecule has 0 aliphatic rings. The Morgan fingerprint density at radius 3 is 1.85 bits per heavy atom. The van der Waals surface area contributed by atoms with Crippen molar-refractivity contribution in [2.45, 2.75) is 6.92 Å². The lowest BCUT2D eigenvalue weighted by atomic mass is 9.97. The molecule has 0 saturated carbocycles. The fourth-order valence-corrected chi connectivity index (χ4v) is 6.46. The summed E-state index contributed by atoms with van der Waals surface area (Å²) in [4.78, 5) is 2.31. The molecule has 6 aromatic carbocycles. The highest BCUT2D eigenvalue weighted by Crippen LogP contribution is 2.38. The molecule has 186 valence electrons. The van der Waals surface area contributed by atoms with E-state index in [1.54, 1.807) is 0 Å². The largest absolute Gasteiger partial charge is 0.310 e. The molecule has 2 heteroatoms. The Kier molecular flexibility index (Phi) is 5.96. The molecule has 0 amide bonds. The summed E-state index contributed by atoms with van der Waals surface area (Å²) in [5.41, 5.74) is 9.60. The van der Waals surface area contributed by atoms with Crippen molar-refractivity contribution < 1.29 is 0 Å². The Morgan fingerprint density at radius 1 is 0.410 bits per heavy atom. The van der Waals surface area contributed by atoms with Gasteiger partial charge in [-0.15, -0.1) is 11.3 Å². The second-order valence-electron chi connectivity index (χ2n) is 9.95. The van der Waals surface area contributed by atoms with Gasteiger partial charge in [-0.2, -0.15) is 0 Å². The molecular weight excluding hydrogens is 490 g/mol. The van der Waals surface area contributed by atoms with E-state index in [0.717, 1.165) is 17.1 Å². The second kappa shape index (κ2) is 9.90. The first-order valence-electron chi connectivity index (χ1n) is 13.3. The molecule has 0 aliphatic heterocycles. The number of aryl methyl sites for hydroxylation is 1. The van der Waals surface area contributed by atoms with E-state index in [1.165, 1.54) is 48.0 Å². The fourth-order valence-electron chi connectivity index (χ4n) is 5.38. The van der Waals surface area contributed by atoms with Crippen molar-refractivity contribution in [1.29, 1.82) is 0 Å². The monoisotopic (exact) mass is 517 g/mol. The number of anilines is 3. The molecule has 0 unspecified atom stereocenters. The molecule has 7 rings (SSSR count). The minimum absolute atomic E-state index is 1.14. The van der Waals surface area contributed by atoms with Crippen LogP contribution in [0.4, 0.5) is 17.1 Å². The zero-order valence-electron chi connectivity index (χ0n) is 21.7. The number of hydrogen-bond donors (Lipinski definition) is 0. The van der Waals surface area contributed by atoms with Gasteiger partial charge in [0.25, 0.3) is 0 Å². The Hall–Kier alpha value is -4.66. The Labute approximate surface area is 233 Å². The highest BCUT2D eigenvalue weighted by molar-refractivity contribution is 7.25. The predicted molar refractivity (Wildman–Crippen MR) is 170 cm³/mol. The van der Waals surface area contributed by atoms with E-state index in [9.17, 15) is 0 Å². The zero-order chi connectivity index (χ0) is 26.2. The van der Waals surface area contributed by atoms with Crippen LogP contribution in [0.25, 0.3) is 42.4 Å². The normalized spacial score (nSPS) is 11.2. The third-order valence-electron chi connectivity index (χ3n) is 7.31. The highest BCUT2D eigenvalue weighted by Gasteiger charge is 2.13. The molecule has 0 atom stereocenters. The predicted octanol–water partition coefficient (Wildman–Crippen LogP) is 11.2. The number of rotatable bonds is 5. The van der Waals surface area contributed by atoms with E-state index in [0.29, 0.717) is 0 Å². The van der Waals surface area contributed by atoms with Crippen molar-refractivity contribution in [2.24, 2.45) is 0 Å². The first-order chi connectivity index (χ1) is 19.2. The van der Waals surface area contributed by atoms with Gasteiger partial charge in [-0.25, -0.2) is 0 Å². The highest BCUT2D eigenvalue weighted by atomic mass is 32.1. The van der Waals surface area contributed by atoms with Crippen molar-refractivity contribution in [2.75, 3.05) is 4.90 Å². The van der Waals surface area contributed by atoms with Gasteiger partial charge in [-0.3, -0.25) is 0 Å². The lowest BCUT2D eigenvalue weighted by molar-refractivity contribution is 1.27. The van der Waals surface area contributed by atoms with Gasteiger partial charge < -0.3 is 4.90 Å². The molecule has 1 aromatic heterocycles. The molecule has 0 radical (unpaired) electrons. The van der Waals surface area contributed by atoms with Crippen LogP contribution >= 0.6 is 11.3 Å². The van der Waals surface area contributed by atoms with Crippen LogP contribution in [0.15, 0.2) is 146 Å². The third kappa shape index (κ3) is 4.50. The fraction of sp³-hybridized carbons (Fsp3) is 0.0270. The van der Waals surface area contributed by atoms with Crippen molar-refractivity contribution >= 4 is 48.6 Å². The summed E-state index contributed by atoms with van der Waals surface area (Å²) in [5, 5.41) is 2.67. The summed E-state index contributed by atoms with van der Waals surface area (Å²) in [5.74, 6) is 0. The first kappa shape index (κ1) is 23.5. The molecule has 0 spiro atoms. The van der Waals surface area contributed by atoms with Gasteiger partial charge in [0, 0.05) is 37.2 Å². The number of hydrogen-bond acceptors (Lipinski definition) is 2. The average Bonchev–Trinajstić information content (AvgIpc) is 3.36. The van der Waals surface area contributed by atoms with Gasteiger partial charge in [-0.1, -0.05) is 84.9 Å². The average molecular weight is 518 g/mol. The summed E-state index contributed by atoms with van der Waals surface area (Å²) >= 11 is 1.86. The Balaban J connectivity index is 1.24. The Bertz CT molecular complexity index is 1920. The topological polar surface area (TPSA) is 3.24 Å². The van der Waals surface area contributed by atoms with Gasteiger partial charge in [0.15, 0.2) is 0 Å². The van der Waals surface area contributed by atoms with Crippen molar-refractivity contribution in [3.8, 4) is 22.3 Å². The van der Waals surface area contributed by atoms with E-state index < -0.39 is 0 Å². The summed E-state index contributed by atoms with van der Waals surface area (Å²) in [7, 11) is 0. The lowest BCUT2D eigenvalue weighted by Crippen LogP contribution is -2.09. The maximum atomic E-state index is 2.34. The van der Waals surface area contributed by atoms with E-state index in [2.05, 4.69) is 157 Å². The zero-order valence-corrected chi connectivity index (χ0v) is 22.5. The molecule has 1 heterocycles. The lowest BCUT2D eigenvalue weighted by Gasteiger charge is -2.26. The number of thiophene rings is 1. The molecule has 0 aliphatic carbocycles. The number of benzene rings is 6. The van der Waals surface area contributed by atoms with E-state index in [-0.39, 0.29) is 0 Å². The first-order valence-corrected chi connectivity index (χ1v) is 14.1.